The fourth-order valence-corrected chi connectivity index (χ4v) is 2.64. The summed E-state index contributed by atoms with van der Waals surface area (Å²) >= 11 is 0. The first kappa shape index (κ1) is 16.7. The maximum Gasteiger partial charge on any atom is 0.337 e. The Balaban J connectivity index is 2.01. The molecule has 25 heavy (non-hydrogen) atoms. The number of para-hydroxylation sites is 1. The smallest absolute Gasteiger partial charge is 0.337 e. The molecule has 0 radical (unpaired) electrons. The number of nitrogens with one attached hydrogen (secondary N) is 1. The Morgan fingerprint density at radius 3 is 2.60 bits per heavy atom. The third kappa shape index (κ3) is 3.36. The molecule has 1 amide bonds. The summed E-state index contributed by atoms with van der Waals surface area (Å²) in [5, 5.41) is 11.9. The summed E-state index contributed by atoms with van der Waals surface area (Å²) in [6.07, 6.45) is 1.85. The van der Waals surface area contributed by atoms with Crippen LogP contribution in [0, 0.1) is 0 Å². The van der Waals surface area contributed by atoms with E-state index in [9.17, 15) is 14.7 Å². The average molecular weight is 338 g/mol. The molecule has 0 saturated heterocycles. The number of imidazole rings is 1. The summed E-state index contributed by atoms with van der Waals surface area (Å²) in [5.41, 5.74) is 1.96. The maximum absolute atomic E-state index is 12.8. The molecule has 0 fully saturated rings. The van der Waals surface area contributed by atoms with Crippen molar-refractivity contribution in [1.29, 1.82) is 0 Å². The minimum absolute atomic E-state index is 0.0359. The number of benzene rings is 1. The van der Waals surface area contributed by atoms with Crippen LogP contribution < -0.4 is 5.32 Å². The molecule has 0 unspecified atom stereocenters. The van der Waals surface area contributed by atoms with Crippen LogP contribution in [0.4, 0.5) is 5.69 Å². The van der Waals surface area contributed by atoms with Gasteiger partial charge in [0.15, 0.2) is 5.69 Å². The van der Waals surface area contributed by atoms with Crippen molar-refractivity contribution in [3.8, 4) is 0 Å². The van der Waals surface area contributed by atoms with E-state index in [0.29, 0.717) is 12.2 Å². The first-order valence-electron chi connectivity index (χ1n) is 7.71. The minimum Gasteiger partial charge on any atom is -0.478 e. The van der Waals surface area contributed by atoms with Crippen LogP contribution in [0.25, 0.3) is 5.65 Å². The molecule has 0 spiro atoms. The number of aromatic carboxylic acids is 1. The van der Waals surface area contributed by atoms with E-state index in [2.05, 4.69) is 10.3 Å². The van der Waals surface area contributed by atoms with Crippen LogP contribution in [0.1, 0.15) is 26.5 Å². The molecular weight excluding hydrogens is 320 g/mol. The molecular formula is C18H18N4O3. The summed E-state index contributed by atoms with van der Waals surface area (Å²) in [6, 6.07) is 11.8. The van der Waals surface area contributed by atoms with Crippen molar-refractivity contribution in [3.05, 3.63) is 65.6 Å². The maximum atomic E-state index is 12.8. The van der Waals surface area contributed by atoms with Gasteiger partial charge in [-0.25, -0.2) is 9.78 Å². The lowest BCUT2D eigenvalue weighted by Gasteiger charge is -2.12. The molecule has 1 aromatic carbocycles. The van der Waals surface area contributed by atoms with Gasteiger partial charge in [0.25, 0.3) is 5.91 Å². The van der Waals surface area contributed by atoms with Crippen LogP contribution in [0.2, 0.25) is 0 Å². The standard InChI is InChI=1S/C18H18N4O3/c1-21(2)11-14-16(20-15-9-5-6-10-22(14)15)17(23)19-13-8-4-3-7-12(13)18(24)25/h3-10H,11H2,1-2H3,(H,19,23)(H,24,25). The van der Waals surface area contributed by atoms with Crippen molar-refractivity contribution < 1.29 is 14.7 Å². The summed E-state index contributed by atoms with van der Waals surface area (Å²) in [5.74, 6) is -1.53. The Labute approximate surface area is 144 Å². The number of carboxylic acid groups (broad SMARTS) is 1. The van der Waals surface area contributed by atoms with E-state index in [0.717, 1.165) is 5.69 Å². The number of carboxylic acids is 1. The number of nitrogens with zero attached hydrogens (tertiary/aromatic N) is 3. The van der Waals surface area contributed by atoms with E-state index < -0.39 is 11.9 Å². The highest BCUT2D eigenvalue weighted by atomic mass is 16.4. The predicted molar refractivity (Wildman–Crippen MR) is 93.9 cm³/mol. The highest BCUT2D eigenvalue weighted by Crippen LogP contribution is 2.19. The topological polar surface area (TPSA) is 86.9 Å². The monoisotopic (exact) mass is 338 g/mol. The predicted octanol–water partition coefficient (Wildman–Crippen LogP) is 2.35. The zero-order valence-electron chi connectivity index (χ0n) is 13.9. The van der Waals surface area contributed by atoms with Crippen LogP contribution in [0.5, 0.6) is 0 Å². The number of anilines is 1. The van der Waals surface area contributed by atoms with Crippen molar-refractivity contribution in [2.45, 2.75) is 6.54 Å². The van der Waals surface area contributed by atoms with Gasteiger partial charge in [-0.15, -0.1) is 0 Å². The quantitative estimate of drug-likeness (QED) is 0.746. The van der Waals surface area contributed by atoms with Crippen LogP contribution in [0.15, 0.2) is 48.7 Å². The van der Waals surface area contributed by atoms with Gasteiger partial charge in [-0.3, -0.25) is 4.79 Å². The number of pyridine rings is 1. The van der Waals surface area contributed by atoms with Crippen molar-refractivity contribution >= 4 is 23.2 Å². The lowest BCUT2D eigenvalue weighted by atomic mass is 10.1. The molecule has 2 aromatic heterocycles. The van der Waals surface area contributed by atoms with E-state index in [-0.39, 0.29) is 16.9 Å². The Bertz CT molecular complexity index is 946. The number of hydrogen-bond donors (Lipinski definition) is 2. The second-order valence-electron chi connectivity index (χ2n) is 5.88. The molecule has 2 heterocycles. The van der Waals surface area contributed by atoms with Gasteiger partial charge in [-0.1, -0.05) is 18.2 Å². The van der Waals surface area contributed by atoms with E-state index >= 15 is 0 Å². The number of hydrogen-bond acceptors (Lipinski definition) is 4. The zero-order valence-corrected chi connectivity index (χ0v) is 13.9. The second-order valence-corrected chi connectivity index (χ2v) is 5.88. The lowest BCUT2D eigenvalue weighted by Crippen LogP contribution is -2.20. The van der Waals surface area contributed by atoms with Crippen molar-refractivity contribution in [2.75, 3.05) is 19.4 Å². The largest absolute Gasteiger partial charge is 0.478 e. The second kappa shape index (κ2) is 6.74. The van der Waals surface area contributed by atoms with Crippen LogP contribution >= 0.6 is 0 Å². The third-order valence-corrected chi connectivity index (χ3v) is 3.72. The van der Waals surface area contributed by atoms with Gasteiger partial charge in [0.2, 0.25) is 0 Å². The highest BCUT2D eigenvalue weighted by Gasteiger charge is 2.21. The molecule has 0 atom stereocenters. The lowest BCUT2D eigenvalue weighted by molar-refractivity contribution is 0.0698. The molecule has 7 heteroatoms. The first-order chi connectivity index (χ1) is 12.0. The average Bonchev–Trinajstić information content (AvgIpc) is 2.93. The van der Waals surface area contributed by atoms with Crippen LogP contribution in [-0.4, -0.2) is 45.4 Å². The fraction of sp³-hybridized carbons (Fsp3) is 0.167. The van der Waals surface area contributed by atoms with Gasteiger partial charge >= 0.3 is 5.97 Å². The molecule has 0 aliphatic carbocycles. The molecule has 0 saturated carbocycles. The summed E-state index contributed by atoms with van der Waals surface area (Å²) in [6.45, 7) is 0.522. The van der Waals surface area contributed by atoms with Crippen molar-refractivity contribution in [3.63, 3.8) is 0 Å². The van der Waals surface area contributed by atoms with Gasteiger partial charge in [-0.2, -0.15) is 0 Å². The van der Waals surface area contributed by atoms with Gasteiger partial charge in [0.1, 0.15) is 5.65 Å². The Hall–Kier alpha value is -3.19. The van der Waals surface area contributed by atoms with Gasteiger partial charge in [-0.05, 0) is 38.4 Å². The normalized spacial score (nSPS) is 11.0. The van der Waals surface area contributed by atoms with Gasteiger partial charge in [0, 0.05) is 12.7 Å². The minimum atomic E-state index is -1.10. The molecule has 7 nitrogen and oxygen atoms in total. The number of aromatic nitrogens is 2. The zero-order chi connectivity index (χ0) is 18.0. The Morgan fingerprint density at radius 1 is 1.16 bits per heavy atom. The molecule has 128 valence electrons. The van der Waals surface area contributed by atoms with E-state index in [1.165, 1.54) is 6.07 Å². The number of rotatable bonds is 5. The molecule has 0 bridgehead atoms. The van der Waals surface area contributed by atoms with E-state index in [1.54, 1.807) is 18.2 Å². The molecule has 3 rings (SSSR count). The van der Waals surface area contributed by atoms with Crippen LogP contribution in [-0.2, 0) is 6.54 Å². The van der Waals surface area contributed by atoms with E-state index in [4.69, 9.17) is 0 Å². The molecule has 0 aliphatic heterocycles. The van der Waals surface area contributed by atoms with Gasteiger partial charge in [0.05, 0.1) is 16.9 Å². The molecule has 2 N–H and O–H groups in total. The Kier molecular flexibility index (Phi) is 4.49. The SMILES string of the molecule is CN(C)Cc1c(C(=O)Nc2ccccc2C(=O)O)nc2ccccn12. The van der Waals surface area contributed by atoms with Crippen molar-refractivity contribution in [2.24, 2.45) is 0 Å². The molecule has 3 aromatic rings. The number of carbonyl (C=O) groups is 2. The van der Waals surface area contributed by atoms with E-state index in [1.807, 2.05) is 47.8 Å². The summed E-state index contributed by atoms with van der Waals surface area (Å²) in [7, 11) is 3.81. The fourth-order valence-electron chi connectivity index (χ4n) is 2.64. The number of amides is 1. The number of fused-ring (bicyclic) bond motifs is 1. The number of carbonyl (C=O) groups excluding carboxylic acids is 1. The van der Waals surface area contributed by atoms with Crippen molar-refractivity contribution in [1.82, 2.24) is 14.3 Å². The highest BCUT2D eigenvalue weighted by molar-refractivity contribution is 6.07. The van der Waals surface area contributed by atoms with Crippen LogP contribution in [0.3, 0.4) is 0 Å². The summed E-state index contributed by atoms with van der Waals surface area (Å²) < 4.78 is 1.86. The van der Waals surface area contributed by atoms with Gasteiger partial charge < -0.3 is 19.7 Å². The molecule has 0 aliphatic rings. The first-order valence-corrected chi connectivity index (χ1v) is 7.71. The third-order valence-electron chi connectivity index (χ3n) is 3.72. The Morgan fingerprint density at radius 2 is 1.88 bits per heavy atom. The summed E-state index contributed by atoms with van der Waals surface area (Å²) in [4.78, 5) is 30.4.